The summed E-state index contributed by atoms with van der Waals surface area (Å²) in [5.41, 5.74) is -0.279. The van der Waals surface area contributed by atoms with Crippen LogP contribution in [0.1, 0.15) is 49.9 Å². The first-order valence-corrected chi connectivity index (χ1v) is 8.26. The maximum absolute atomic E-state index is 12.6. The van der Waals surface area contributed by atoms with Crippen molar-refractivity contribution in [1.29, 1.82) is 0 Å². The molecule has 1 aromatic rings. The highest BCUT2D eigenvalue weighted by molar-refractivity contribution is 5.99. The number of nitro groups is 1. The Hall–Kier alpha value is -2.31. The number of ether oxygens (including phenoxy) is 2. The van der Waals surface area contributed by atoms with E-state index in [-0.39, 0.29) is 23.0 Å². The molecule has 7 heteroatoms. The van der Waals surface area contributed by atoms with Crippen LogP contribution in [-0.4, -0.2) is 30.6 Å². The summed E-state index contributed by atoms with van der Waals surface area (Å²) in [6.45, 7) is 4.27. The van der Waals surface area contributed by atoms with Gasteiger partial charge in [-0.05, 0) is 25.7 Å². The molecule has 0 aromatic heterocycles. The van der Waals surface area contributed by atoms with Gasteiger partial charge in [-0.2, -0.15) is 0 Å². The Morgan fingerprint density at radius 2 is 2.12 bits per heavy atom. The SMILES string of the molecule is CCOc1cc([N+](=O)[O-])c(C(=O)N[C@@H]2CCC[C@H](C)C2)cc1OC. The fraction of sp³-hybridized carbons (Fsp3) is 0.588. The van der Waals surface area contributed by atoms with Crippen LogP contribution in [0.4, 0.5) is 5.69 Å². The number of methoxy groups -OCH3 is 1. The second-order valence-corrected chi connectivity index (χ2v) is 6.15. The monoisotopic (exact) mass is 336 g/mol. The van der Waals surface area contributed by atoms with Crippen LogP contribution >= 0.6 is 0 Å². The van der Waals surface area contributed by atoms with E-state index in [9.17, 15) is 14.9 Å². The smallest absolute Gasteiger partial charge is 0.286 e. The minimum absolute atomic E-state index is 0.00136. The van der Waals surface area contributed by atoms with E-state index in [2.05, 4.69) is 12.2 Å². The zero-order chi connectivity index (χ0) is 17.7. The molecule has 0 aliphatic heterocycles. The molecule has 24 heavy (non-hydrogen) atoms. The van der Waals surface area contributed by atoms with Crippen molar-refractivity contribution in [3.05, 3.63) is 27.8 Å². The highest BCUT2D eigenvalue weighted by Crippen LogP contribution is 2.35. The van der Waals surface area contributed by atoms with Crippen LogP contribution in [0.2, 0.25) is 0 Å². The number of nitro benzene ring substituents is 1. The molecule has 0 spiro atoms. The third-order valence-electron chi connectivity index (χ3n) is 4.29. The van der Waals surface area contributed by atoms with Crippen LogP contribution < -0.4 is 14.8 Å². The van der Waals surface area contributed by atoms with Crippen molar-refractivity contribution in [1.82, 2.24) is 5.32 Å². The summed E-state index contributed by atoms with van der Waals surface area (Å²) >= 11 is 0. The maximum atomic E-state index is 12.6. The highest BCUT2D eigenvalue weighted by atomic mass is 16.6. The molecular weight excluding hydrogens is 312 g/mol. The molecule has 7 nitrogen and oxygen atoms in total. The Morgan fingerprint density at radius 3 is 2.71 bits per heavy atom. The molecule has 1 fully saturated rings. The molecule has 0 radical (unpaired) electrons. The van der Waals surface area contributed by atoms with Gasteiger partial charge in [0.1, 0.15) is 5.56 Å². The molecular formula is C17H24N2O5. The third kappa shape index (κ3) is 4.15. The van der Waals surface area contributed by atoms with Gasteiger partial charge in [0.25, 0.3) is 11.6 Å². The first-order chi connectivity index (χ1) is 11.5. The summed E-state index contributed by atoms with van der Waals surface area (Å²) in [4.78, 5) is 23.4. The Kier molecular flexibility index (Phi) is 6.00. The van der Waals surface area contributed by atoms with E-state index >= 15 is 0 Å². The second kappa shape index (κ2) is 7.99. The first kappa shape index (κ1) is 18.0. The zero-order valence-corrected chi connectivity index (χ0v) is 14.3. The van der Waals surface area contributed by atoms with Crippen molar-refractivity contribution in [3.63, 3.8) is 0 Å². The van der Waals surface area contributed by atoms with E-state index in [0.29, 0.717) is 18.3 Å². The number of amides is 1. The molecule has 1 aliphatic rings. The lowest BCUT2D eigenvalue weighted by molar-refractivity contribution is -0.385. The van der Waals surface area contributed by atoms with Gasteiger partial charge in [-0.15, -0.1) is 0 Å². The average Bonchev–Trinajstić information content (AvgIpc) is 2.54. The van der Waals surface area contributed by atoms with E-state index in [1.165, 1.54) is 19.2 Å². The molecule has 1 amide bonds. The Balaban J connectivity index is 2.29. The standard InChI is InChI=1S/C17H24N2O5/c1-4-24-16-10-14(19(21)22)13(9-15(16)23-3)17(20)18-12-7-5-6-11(2)8-12/h9-12H,4-8H2,1-3H3,(H,18,20)/t11-,12+/m0/s1. The van der Waals surface area contributed by atoms with Crippen LogP contribution in [0.5, 0.6) is 11.5 Å². The highest BCUT2D eigenvalue weighted by Gasteiger charge is 2.27. The van der Waals surface area contributed by atoms with Gasteiger partial charge in [-0.25, -0.2) is 0 Å². The van der Waals surface area contributed by atoms with Gasteiger partial charge < -0.3 is 14.8 Å². The number of hydrogen-bond donors (Lipinski definition) is 1. The van der Waals surface area contributed by atoms with Gasteiger partial charge >= 0.3 is 0 Å². The summed E-state index contributed by atoms with van der Waals surface area (Å²) in [6, 6.07) is 2.68. The van der Waals surface area contributed by atoms with Crippen molar-refractivity contribution in [2.75, 3.05) is 13.7 Å². The van der Waals surface area contributed by atoms with E-state index in [0.717, 1.165) is 25.7 Å². The van der Waals surface area contributed by atoms with Crippen LogP contribution in [0, 0.1) is 16.0 Å². The third-order valence-corrected chi connectivity index (χ3v) is 4.29. The molecule has 1 N–H and O–H groups in total. The van der Waals surface area contributed by atoms with Gasteiger partial charge in [0.05, 0.1) is 24.7 Å². The normalized spacial score (nSPS) is 20.3. The summed E-state index contributed by atoms with van der Waals surface area (Å²) in [6.07, 6.45) is 4.01. The summed E-state index contributed by atoms with van der Waals surface area (Å²) < 4.78 is 10.6. The molecule has 1 aromatic carbocycles. The van der Waals surface area contributed by atoms with Crippen molar-refractivity contribution < 1.29 is 19.2 Å². The first-order valence-electron chi connectivity index (χ1n) is 8.26. The minimum atomic E-state index is -0.569. The van der Waals surface area contributed by atoms with E-state index in [1.54, 1.807) is 6.92 Å². The molecule has 0 unspecified atom stereocenters. The number of nitrogens with one attached hydrogen (secondary N) is 1. The predicted octanol–water partition coefficient (Wildman–Crippen LogP) is 3.31. The van der Waals surface area contributed by atoms with Crippen LogP contribution in [0.25, 0.3) is 0 Å². The van der Waals surface area contributed by atoms with Gasteiger partial charge in [-0.3, -0.25) is 14.9 Å². The number of benzene rings is 1. The maximum Gasteiger partial charge on any atom is 0.286 e. The number of nitrogens with zero attached hydrogens (tertiary/aromatic N) is 1. The second-order valence-electron chi connectivity index (χ2n) is 6.15. The van der Waals surface area contributed by atoms with Gasteiger partial charge in [-0.1, -0.05) is 19.8 Å². The van der Waals surface area contributed by atoms with Crippen molar-refractivity contribution in [2.45, 2.75) is 45.6 Å². The van der Waals surface area contributed by atoms with Gasteiger partial charge in [0.15, 0.2) is 11.5 Å². The summed E-state index contributed by atoms with van der Waals surface area (Å²) in [7, 11) is 1.44. The van der Waals surface area contributed by atoms with E-state index in [4.69, 9.17) is 9.47 Å². The molecule has 0 saturated heterocycles. The van der Waals surface area contributed by atoms with Crippen molar-refractivity contribution in [2.24, 2.45) is 5.92 Å². The molecule has 1 saturated carbocycles. The number of rotatable bonds is 6. The Morgan fingerprint density at radius 1 is 1.38 bits per heavy atom. The van der Waals surface area contributed by atoms with Crippen molar-refractivity contribution >= 4 is 11.6 Å². The fourth-order valence-corrected chi connectivity index (χ4v) is 3.14. The minimum Gasteiger partial charge on any atom is -0.493 e. The lowest BCUT2D eigenvalue weighted by Gasteiger charge is -2.27. The lowest BCUT2D eigenvalue weighted by atomic mass is 9.87. The van der Waals surface area contributed by atoms with Crippen LogP contribution in [-0.2, 0) is 0 Å². The number of carbonyl (C=O) groups excluding carboxylic acids is 1. The Labute approximate surface area is 141 Å². The molecule has 0 heterocycles. The van der Waals surface area contributed by atoms with Crippen LogP contribution in [0.3, 0.4) is 0 Å². The van der Waals surface area contributed by atoms with Crippen LogP contribution in [0.15, 0.2) is 12.1 Å². The largest absolute Gasteiger partial charge is 0.493 e. The molecule has 132 valence electrons. The van der Waals surface area contributed by atoms with Crippen molar-refractivity contribution in [3.8, 4) is 11.5 Å². The van der Waals surface area contributed by atoms with E-state index < -0.39 is 10.8 Å². The van der Waals surface area contributed by atoms with Gasteiger partial charge in [0, 0.05) is 12.1 Å². The average molecular weight is 336 g/mol. The molecule has 2 rings (SSSR count). The molecule has 0 bridgehead atoms. The fourth-order valence-electron chi connectivity index (χ4n) is 3.14. The summed E-state index contributed by atoms with van der Waals surface area (Å²) in [5.74, 6) is 0.676. The lowest BCUT2D eigenvalue weighted by Crippen LogP contribution is -2.38. The summed E-state index contributed by atoms with van der Waals surface area (Å²) in [5, 5.41) is 14.3. The quantitative estimate of drug-likeness (QED) is 0.636. The topological polar surface area (TPSA) is 90.7 Å². The number of carbonyl (C=O) groups is 1. The molecule has 1 aliphatic carbocycles. The Bertz CT molecular complexity index is 617. The zero-order valence-electron chi connectivity index (χ0n) is 14.3. The number of hydrogen-bond acceptors (Lipinski definition) is 5. The van der Waals surface area contributed by atoms with E-state index in [1.807, 2.05) is 0 Å². The van der Waals surface area contributed by atoms with Gasteiger partial charge in [0.2, 0.25) is 0 Å². The molecule has 2 atom stereocenters. The predicted molar refractivity (Wildman–Crippen MR) is 89.7 cm³/mol.